The highest BCUT2D eigenvalue weighted by atomic mass is 79.9. The molecule has 1 nitrogen and oxygen atoms in total. The van der Waals surface area contributed by atoms with Crippen molar-refractivity contribution in [2.75, 3.05) is 6.61 Å². The van der Waals surface area contributed by atoms with E-state index in [4.69, 9.17) is 16.3 Å². The molecular formula is C11H14BrClO. The second-order valence-electron chi connectivity index (χ2n) is 4.42. The van der Waals surface area contributed by atoms with Crippen LogP contribution in [-0.4, -0.2) is 6.61 Å². The Balaban J connectivity index is 2.68. The van der Waals surface area contributed by atoms with Crippen LogP contribution >= 0.6 is 27.5 Å². The van der Waals surface area contributed by atoms with E-state index in [1.54, 1.807) is 0 Å². The molecule has 0 aliphatic carbocycles. The first kappa shape index (κ1) is 11.9. The van der Waals surface area contributed by atoms with Crippen LogP contribution in [0.4, 0.5) is 0 Å². The number of hydrogen-bond acceptors (Lipinski definition) is 1. The zero-order chi connectivity index (χ0) is 10.8. The third-order valence-electron chi connectivity index (χ3n) is 1.55. The summed E-state index contributed by atoms with van der Waals surface area (Å²) in [5, 5.41) is 0.708. The smallest absolute Gasteiger partial charge is 0.133 e. The molecule has 0 bridgehead atoms. The highest BCUT2D eigenvalue weighted by Gasteiger charge is 2.12. The van der Waals surface area contributed by atoms with Crippen molar-refractivity contribution in [3.05, 3.63) is 27.7 Å². The van der Waals surface area contributed by atoms with E-state index in [1.165, 1.54) is 0 Å². The molecule has 1 aromatic rings. The molecule has 0 fully saturated rings. The Hall–Kier alpha value is -0.210. The summed E-state index contributed by atoms with van der Waals surface area (Å²) < 4.78 is 6.55. The number of benzene rings is 1. The zero-order valence-corrected chi connectivity index (χ0v) is 10.9. The predicted octanol–water partition coefficient (Wildman–Crippen LogP) is 4.53. The first-order valence-electron chi connectivity index (χ1n) is 4.46. The van der Waals surface area contributed by atoms with Crippen LogP contribution in [0.5, 0.6) is 5.75 Å². The summed E-state index contributed by atoms with van der Waals surface area (Å²) in [4.78, 5) is 0. The molecule has 78 valence electrons. The van der Waals surface area contributed by atoms with Crippen LogP contribution in [0.1, 0.15) is 20.8 Å². The minimum atomic E-state index is 0.166. The highest BCUT2D eigenvalue weighted by molar-refractivity contribution is 9.10. The van der Waals surface area contributed by atoms with Gasteiger partial charge in [-0.15, -0.1) is 0 Å². The van der Waals surface area contributed by atoms with Crippen LogP contribution in [0.25, 0.3) is 0 Å². The molecule has 0 atom stereocenters. The third-order valence-corrected chi connectivity index (χ3v) is 2.41. The quantitative estimate of drug-likeness (QED) is 0.772. The summed E-state index contributed by atoms with van der Waals surface area (Å²) in [6.07, 6.45) is 0. The third kappa shape index (κ3) is 3.89. The maximum atomic E-state index is 5.82. The molecule has 1 rings (SSSR count). The van der Waals surface area contributed by atoms with Crippen molar-refractivity contribution < 1.29 is 4.74 Å². The second-order valence-corrected chi connectivity index (χ2v) is 5.71. The molecule has 0 aliphatic heterocycles. The second kappa shape index (κ2) is 4.54. The molecule has 0 heterocycles. The monoisotopic (exact) mass is 276 g/mol. The lowest BCUT2D eigenvalue weighted by molar-refractivity contribution is 0.197. The average molecular weight is 278 g/mol. The van der Waals surface area contributed by atoms with Gasteiger partial charge in [-0.3, -0.25) is 0 Å². The molecule has 0 radical (unpaired) electrons. The van der Waals surface area contributed by atoms with Crippen LogP contribution in [0.15, 0.2) is 22.7 Å². The number of rotatable bonds is 2. The summed E-state index contributed by atoms with van der Waals surface area (Å²) in [6.45, 7) is 7.09. The Kier molecular flexibility index (Phi) is 3.85. The van der Waals surface area contributed by atoms with Crippen molar-refractivity contribution in [3.63, 3.8) is 0 Å². The van der Waals surface area contributed by atoms with E-state index in [0.717, 1.165) is 10.2 Å². The Labute approximate surface area is 98.5 Å². The van der Waals surface area contributed by atoms with Crippen molar-refractivity contribution in [3.8, 4) is 5.75 Å². The Morgan fingerprint density at radius 1 is 1.36 bits per heavy atom. The number of hydrogen-bond donors (Lipinski definition) is 0. The largest absolute Gasteiger partial charge is 0.492 e. The minimum Gasteiger partial charge on any atom is -0.492 e. The van der Waals surface area contributed by atoms with E-state index in [0.29, 0.717) is 11.6 Å². The van der Waals surface area contributed by atoms with E-state index < -0.39 is 0 Å². The molecule has 0 aliphatic rings. The van der Waals surface area contributed by atoms with E-state index in [9.17, 15) is 0 Å². The van der Waals surface area contributed by atoms with E-state index in [1.807, 2.05) is 18.2 Å². The molecular weight excluding hydrogens is 263 g/mol. The summed E-state index contributed by atoms with van der Waals surface area (Å²) >= 11 is 9.23. The van der Waals surface area contributed by atoms with Gasteiger partial charge in [0.2, 0.25) is 0 Å². The van der Waals surface area contributed by atoms with Gasteiger partial charge in [0.1, 0.15) is 5.75 Å². The lowest BCUT2D eigenvalue weighted by Crippen LogP contribution is -2.16. The molecule has 0 saturated heterocycles. The van der Waals surface area contributed by atoms with Gasteiger partial charge in [0, 0.05) is 5.02 Å². The predicted molar refractivity (Wildman–Crippen MR) is 64.1 cm³/mol. The molecule has 3 heteroatoms. The van der Waals surface area contributed by atoms with Gasteiger partial charge in [0.25, 0.3) is 0 Å². The van der Waals surface area contributed by atoms with Crippen molar-refractivity contribution in [2.45, 2.75) is 20.8 Å². The fraction of sp³-hybridized carbons (Fsp3) is 0.455. The fourth-order valence-electron chi connectivity index (χ4n) is 0.887. The lowest BCUT2D eigenvalue weighted by Gasteiger charge is -2.19. The van der Waals surface area contributed by atoms with Crippen LogP contribution in [-0.2, 0) is 0 Å². The summed E-state index contributed by atoms with van der Waals surface area (Å²) in [5.41, 5.74) is 0.166. The summed E-state index contributed by atoms with van der Waals surface area (Å²) in [5.74, 6) is 0.837. The maximum absolute atomic E-state index is 5.82. The van der Waals surface area contributed by atoms with Crippen LogP contribution in [0.3, 0.4) is 0 Å². The number of ether oxygens (including phenoxy) is 1. The van der Waals surface area contributed by atoms with Crippen LogP contribution in [0.2, 0.25) is 5.02 Å². The number of halogens is 2. The first-order valence-corrected chi connectivity index (χ1v) is 5.63. The van der Waals surface area contributed by atoms with E-state index >= 15 is 0 Å². The van der Waals surface area contributed by atoms with E-state index in [-0.39, 0.29) is 5.41 Å². The first-order chi connectivity index (χ1) is 6.38. The Morgan fingerprint density at radius 3 is 2.50 bits per heavy atom. The Morgan fingerprint density at radius 2 is 2.00 bits per heavy atom. The van der Waals surface area contributed by atoms with Crippen molar-refractivity contribution in [1.82, 2.24) is 0 Å². The fourth-order valence-corrected chi connectivity index (χ4v) is 1.68. The topological polar surface area (TPSA) is 9.23 Å². The zero-order valence-electron chi connectivity index (χ0n) is 8.60. The molecule has 0 amide bonds. The van der Waals surface area contributed by atoms with Crippen molar-refractivity contribution in [1.29, 1.82) is 0 Å². The Bertz CT molecular complexity index is 318. The van der Waals surface area contributed by atoms with Gasteiger partial charge in [-0.25, -0.2) is 0 Å². The van der Waals surface area contributed by atoms with Gasteiger partial charge in [-0.1, -0.05) is 32.4 Å². The molecule has 1 aromatic carbocycles. The molecule has 0 saturated carbocycles. The van der Waals surface area contributed by atoms with Gasteiger partial charge < -0.3 is 4.74 Å². The summed E-state index contributed by atoms with van der Waals surface area (Å²) in [7, 11) is 0. The van der Waals surface area contributed by atoms with Gasteiger partial charge in [0.15, 0.2) is 0 Å². The molecule has 0 unspecified atom stereocenters. The maximum Gasteiger partial charge on any atom is 0.133 e. The molecule has 0 aromatic heterocycles. The van der Waals surface area contributed by atoms with Crippen LogP contribution in [0, 0.1) is 5.41 Å². The molecule has 14 heavy (non-hydrogen) atoms. The van der Waals surface area contributed by atoms with Gasteiger partial charge in [0.05, 0.1) is 11.1 Å². The van der Waals surface area contributed by atoms with Crippen molar-refractivity contribution in [2.24, 2.45) is 5.41 Å². The lowest BCUT2D eigenvalue weighted by atomic mass is 9.99. The highest BCUT2D eigenvalue weighted by Crippen LogP contribution is 2.29. The average Bonchev–Trinajstić information content (AvgIpc) is 2.00. The van der Waals surface area contributed by atoms with Gasteiger partial charge >= 0.3 is 0 Å². The van der Waals surface area contributed by atoms with Gasteiger partial charge in [-0.05, 0) is 39.5 Å². The normalized spacial score (nSPS) is 11.5. The minimum absolute atomic E-state index is 0.166. The van der Waals surface area contributed by atoms with Crippen LogP contribution < -0.4 is 4.74 Å². The van der Waals surface area contributed by atoms with Gasteiger partial charge in [-0.2, -0.15) is 0 Å². The molecule has 0 spiro atoms. The van der Waals surface area contributed by atoms with E-state index in [2.05, 4.69) is 36.7 Å². The van der Waals surface area contributed by atoms with Crippen molar-refractivity contribution >= 4 is 27.5 Å². The standard InChI is InChI=1S/C11H14BrClO/c1-11(2,3)7-14-10-5-4-8(13)6-9(10)12/h4-6H,7H2,1-3H3. The molecule has 0 N–H and O–H groups in total. The summed E-state index contributed by atoms with van der Waals surface area (Å²) in [6, 6.07) is 5.53. The SMILES string of the molecule is CC(C)(C)COc1ccc(Cl)cc1Br.